The van der Waals surface area contributed by atoms with E-state index in [1.54, 1.807) is 29.2 Å². The van der Waals surface area contributed by atoms with Crippen molar-refractivity contribution < 1.29 is 14.0 Å². The van der Waals surface area contributed by atoms with E-state index in [4.69, 9.17) is 27.6 Å². The van der Waals surface area contributed by atoms with Gasteiger partial charge in [0, 0.05) is 21.4 Å². The van der Waals surface area contributed by atoms with E-state index < -0.39 is 22.8 Å². The second-order valence-corrected chi connectivity index (χ2v) is 13.8. The number of benzene rings is 4. The average Bonchev–Trinajstić information content (AvgIpc) is 3.71. The molecule has 46 heavy (non-hydrogen) atoms. The molecule has 4 heterocycles. The van der Waals surface area contributed by atoms with E-state index >= 15 is 4.79 Å². The molecule has 8 nitrogen and oxygen atoms in total. The summed E-state index contributed by atoms with van der Waals surface area (Å²) in [5, 5.41) is 10.1. The molecule has 1 spiro atoms. The van der Waals surface area contributed by atoms with Gasteiger partial charge in [-0.1, -0.05) is 107 Å². The molecule has 2 aromatic heterocycles. The Morgan fingerprint density at radius 3 is 2.37 bits per heavy atom. The molecule has 0 bridgehead atoms. The number of fused-ring (bicyclic) bond motifs is 5. The molecular weight excluding hydrogens is 663 g/mol. The van der Waals surface area contributed by atoms with E-state index in [1.807, 2.05) is 66.7 Å². The first-order valence-electron chi connectivity index (χ1n) is 14.1. The van der Waals surface area contributed by atoms with E-state index in [2.05, 4.69) is 10.2 Å². The number of anilines is 2. The number of rotatable bonds is 6. The van der Waals surface area contributed by atoms with Crippen LogP contribution in [0.1, 0.15) is 32.8 Å². The molecule has 0 fully saturated rings. The molecule has 0 saturated heterocycles. The lowest BCUT2D eigenvalue weighted by molar-refractivity contribution is -0.121. The SMILES string of the molecule is O=C1c2oc3ccc(Cl)cc3c(=O)c2C2(C(=O)N(Cc3ccccc3)c3ccccc32)N1c1nnc(SCc2ccc(Cl)cc2)s1. The maximum atomic E-state index is 15.0. The number of thioether (sulfide) groups is 1. The van der Waals surface area contributed by atoms with Gasteiger partial charge in [0.2, 0.25) is 10.9 Å². The van der Waals surface area contributed by atoms with Crippen molar-refractivity contribution in [1.82, 2.24) is 10.2 Å². The van der Waals surface area contributed by atoms with Crippen LogP contribution in [0.15, 0.2) is 111 Å². The first-order chi connectivity index (χ1) is 22.4. The van der Waals surface area contributed by atoms with Crippen molar-refractivity contribution in [1.29, 1.82) is 0 Å². The summed E-state index contributed by atoms with van der Waals surface area (Å²) in [7, 11) is 0. The van der Waals surface area contributed by atoms with Crippen LogP contribution in [0.3, 0.4) is 0 Å². The number of aromatic nitrogens is 2. The molecule has 4 aromatic carbocycles. The Morgan fingerprint density at radius 2 is 1.57 bits per heavy atom. The lowest BCUT2D eigenvalue weighted by Crippen LogP contribution is -2.53. The van der Waals surface area contributed by atoms with Crippen LogP contribution in [-0.2, 0) is 22.6 Å². The Hall–Kier alpha value is -4.48. The largest absolute Gasteiger partial charge is 0.450 e. The van der Waals surface area contributed by atoms with Crippen LogP contribution < -0.4 is 15.2 Å². The fourth-order valence-electron chi connectivity index (χ4n) is 6.14. The zero-order valence-electron chi connectivity index (χ0n) is 23.6. The summed E-state index contributed by atoms with van der Waals surface area (Å²) in [4.78, 5) is 46.9. The Morgan fingerprint density at radius 1 is 0.826 bits per heavy atom. The van der Waals surface area contributed by atoms with Gasteiger partial charge < -0.3 is 9.32 Å². The maximum absolute atomic E-state index is 15.0. The zero-order valence-corrected chi connectivity index (χ0v) is 26.8. The second kappa shape index (κ2) is 11.1. The highest BCUT2D eigenvalue weighted by Crippen LogP contribution is 2.55. The number of carbonyl (C=O) groups excluding carboxylic acids is 2. The molecule has 1 atom stereocenters. The highest BCUT2D eigenvalue weighted by atomic mass is 35.5. The van der Waals surface area contributed by atoms with E-state index in [0.29, 0.717) is 31.4 Å². The van der Waals surface area contributed by atoms with Crippen LogP contribution >= 0.6 is 46.3 Å². The van der Waals surface area contributed by atoms with Gasteiger partial charge >= 0.3 is 0 Å². The predicted molar refractivity (Wildman–Crippen MR) is 180 cm³/mol. The summed E-state index contributed by atoms with van der Waals surface area (Å²) < 4.78 is 6.73. The molecule has 0 N–H and O–H groups in total. The molecule has 8 rings (SSSR count). The molecule has 0 saturated carbocycles. The lowest BCUT2D eigenvalue weighted by Gasteiger charge is -2.32. The van der Waals surface area contributed by atoms with Crippen molar-refractivity contribution in [3.8, 4) is 0 Å². The number of hydrogen-bond acceptors (Lipinski definition) is 8. The van der Waals surface area contributed by atoms with Crippen LogP contribution in [0.25, 0.3) is 11.0 Å². The third-order valence-corrected chi connectivity index (χ3v) is 10.7. The van der Waals surface area contributed by atoms with Crippen molar-refractivity contribution in [2.45, 2.75) is 22.2 Å². The molecule has 2 amide bonds. The van der Waals surface area contributed by atoms with E-state index in [-0.39, 0.29) is 34.0 Å². The number of nitrogens with zero attached hydrogens (tertiary/aromatic N) is 4. The van der Waals surface area contributed by atoms with Gasteiger partial charge in [-0.05, 0) is 47.5 Å². The molecule has 226 valence electrons. The van der Waals surface area contributed by atoms with Crippen molar-refractivity contribution in [2.24, 2.45) is 0 Å². The molecule has 0 radical (unpaired) electrons. The Balaban J connectivity index is 1.32. The zero-order chi connectivity index (χ0) is 31.6. The monoisotopic (exact) mass is 682 g/mol. The number of para-hydroxylation sites is 1. The topological polar surface area (TPSA) is 96.6 Å². The van der Waals surface area contributed by atoms with Gasteiger partial charge in [-0.3, -0.25) is 19.3 Å². The normalized spacial score (nSPS) is 16.9. The van der Waals surface area contributed by atoms with Gasteiger partial charge in [-0.2, -0.15) is 0 Å². The maximum Gasteiger partial charge on any atom is 0.297 e. The van der Waals surface area contributed by atoms with Gasteiger partial charge in [0.05, 0.1) is 23.2 Å². The number of hydrogen-bond donors (Lipinski definition) is 0. The summed E-state index contributed by atoms with van der Waals surface area (Å²) in [6.45, 7) is 0.221. The van der Waals surface area contributed by atoms with Crippen LogP contribution in [0, 0.1) is 0 Å². The predicted octanol–water partition coefficient (Wildman–Crippen LogP) is 7.69. The fraction of sp³-hybridized carbons (Fsp3) is 0.0882. The first kappa shape index (κ1) is 29.0. The van der Waals surface area contributed by atoms with Crippen LogP contribution in [-0.4, -0.2) is 22.0 Å². The lowest BCUT2D eigenvalue weighted by atomic mass is 9.84. The summed E-state index contributed by atoms with van der Waals surface area (Å²) in [5.74, 6) is -0.748. The Bertz CT molecular complexity index is 2260. The molecular formula is C34H20Cl2N4O4S2. The number of amides is 2. The minimum Gasteiger partial charge on any atom is -0.450 e. The third kappa shape index (κ3) is 4.39. The minimum atomic E-state index is -1.88. The van der Waals surface area contributed by atoms with Crippen LogP contribution in [0.4, 0.5) is 10.8 Å². The quantitative estimate of drug-likeness (QED) is 0.131. The third-order valence-electron chi connectivity index (χ3n) is 8.13. The van der Waals surface area contributed by atoms with Crippen LogP contribution in [0.2, 0.25) is 10.0 Å². The molecule has 2 aliphatic rings. The van der Waals surface area contributed by atoms with Crippen molar-refractivity contribution in [3.05, 3.63) is 145 Å². The first-order valence-corrected chi connectivity index (χ1v) is 16.7. The number of halogens is 2. The molecule has 12 heteroatoms. The highest BCUT2D eigenvalue weighted by Gasteiger charge is 2.66. The van der Waals surface area contributed by atoms with Crippen LogP contribution in [0.5, 0.6) is 0 Å². The van der Waals surface area contributed by atoms with Crippen molar-refractivity contribution >= 4 is 79.9 Å². The van der Waals surface area contributed by atoms with Gasteiger partial charge in [0.25, 0.3) is 11.8 Å². The van der Waals surface area contributed by atoms with Gasteiger partial charge in [-0.25, -0.2) is 0 Å². The summed E-state index contributed by atoms with van der Waals surface area (Å²) >= 11 is 14.9. The molecule has 2 aliphatic heterocycles. The number of carbonyl (C=O) groups is 2. The summed E-state index contributed by atoms with van der Waals surface area (Å²) in [5.41, 5.74) is 0.697. The minimum absolute atomic E-state index is 0.0640. The molecule has 0 aliphatic carbocycles. The smallest absolute Gasteiger partial charge is 0.297 e. The summed E-state index contributed by atoms with van der Waals surface area (Å²) in [6, 6.07) is 28.8. The Kier molecular flexibility index (Phi) is 6.99. The standard InChI is InChI=1S/C34H20Cl2N4O4S2/c35-21-12-10-20(11-13-21)18-45-33-38-37-32(46-33)40-30(42)29-27(28(41)23-16-22(36)14-15-26(23)44-29)34(40)24-8-4-5-9-25(24)39(31(34)43)17-19-6-2-1-3-7-19/h1-16H,17-18H2. The van der Waals surface area contributed by atoms with E-state index in [1.165, 1.54) is 34.1 Å². The van der Waals surface area contributed by atoms with Crippen molar-refractivity contribution in [3.63, 3.8) is 0 Å². The highest BCUT2D eigenvalue weighted by molar-refractivity contribution is 8.00. The summed E-state index contributed by atoms with van der Waals surface area (Å²) in [6.07, 6.45) is 0. The van der Waals surface area contributed by atoms with Gasteiger partial charge in [-0.15, -0.1) is 10.2 Å². The average molecular weight is 684 g/mol. The molecule has 6 aromatic rings. The van der Waals surface area contributed by atoms with Crippen molar-refractivity contribution in [2.75, 3.05) is 9.80 Å². The Labute approximate surface area is 280 Å². The van der Waals surface area contributed by atoms with Gasteiger partial charge in [0.15, 0.2) is 15.3 Å². The van der Waals surface area contributed by atoms with E-state index in [9.17, 15) is 9.59 Å². The fourth-order valence-corrected chi connectivity index (χ4v) is 8.28. The van der Waals surface area contributed by atoms with E-state index in [0.717, 1.165) is 11.1 Å². The van der Waals surface area contributed by atoms with Gasteiger partial charge in [0.1, 0.15) is 5.58 Å². The second-order valence-electron chi connectivity index (χ2n) is 10.8. The molecule has 1 unspecified atom stereocenters.